The molecular formula is C15H11FO. The third kappa shape index (κ3) is 1.27. The number of hydrogen-bond donors (Lipinski definition) is 0. The fourth-order valence-corrected chi connectivity index (χ4v) is 2.42. The SMILES string of the molecule is Cc1ccc2c(c1C)-c1ccc(F)cc1C2=O. The predicted octanol–water partition coefficient (Wildman–Crippen LogP) is 3.65. The van der Waals surface area contributed by atoms with Crippen molar-refractivity contribution >= 4 is 5.78 Å². The molecule has 2 heteroatoms. The maximum Gasteiger partial charge on any atom is 0.194 e. The summed E-state index contributed by atoms with van der Waals surface area (Å²) in [5.41, 5.74) is 5.23. The van der Waals surface area contributed by atoms with Crippen LogP contribution in [0.4, 0.5) is 4.39 Å². The molecule has 0 unspecified atom stereocenters. The maximum absolute atomic E-state index is 13.2. The van der Waals surface area contributed by atoms with Crippen molar-refractivity contribution in [1.29, 1.82) is 0 Å². The van der Waals surface area contributed by atoms with E-state index >= 15 is 0 Å². The highest BCUT2D eigenvalue weighted by Crippen LogP contribution is 2.39. The van der Waals surface area contributed by atoms with Crippen LogP contribution in [0.15, 0.2) is 30.3 Å². The van der Waals surface area contributed by atoms with Crippen LogP contribution in [-0.2, 0) is 0 Å². The summed E-state index contributed by atoms with van der Waals surface area (Å²) in [5, 5.41) is 0. The lowest BCUT2D eigenvalue weighted by Crippen LogP contribution is -1.96. The average Bonchev–Trinajstić information content (AvgIpc) is 2.58. The molecule has 0 radical (unpaired) electrons. The number of aryl methyl sites for hydroxylation is 1. The van der Waals surface area contributed by atoms with Gasteiger partial charge in [-0.05, 0) is 48.2 Å². The van der Waals surface area contributed by atoms with Crippen LogP contribution >= 0.6 is 0 Å². The lowest BCUT2D eigenvalue weighted by atomic mass is 9.97. The van der Waals surface area contributed by atoms with E-state index in [9.17, 15) is 9.18 Å². The predicted molar refractivity (Wildman–Crippen MR) is 64.7 cm³/mol. The average molecular weight is 226 g/mol. The normalized spacial score (nSPS) is 12.5. The first-order valence-corrected chi connectivity index (χ1v) is 5.54. The van der Waals surface area contributed by atoms with Gasteiger partial charge in [-0.3, -0.25) is 4.79 Å². The van der Waals surface area contributed by atoms with Gasteiger partial charge in [-0.15, -0.1) is 0 Å². The smallest absolute Gasteiger partial charge is 0.194 e. The fourth-order valence-electron chi connectivity index (χ4n) is 2.42. The van der Waals surface area contributed by atoms with Gasteiger partial charge in [0, 0.05) is 11.1 Å². The third-order valence-electron chi connectivity index (χ3n) is 3.48. The molecule has 0 saturated carbocycles. The Balaban J connectivity index is 2.41. The summed E-state index contributed by atoms with van der Waals surface area (Å²) in [5.74, 6) is -0.433. The highest BCUT2D eigenvalue weighted by atomic mass is 19.1. The third-order valence-corrected chi connectivity index (χ3v) is 3.48. The number of carbonyl (C=O) groups is 1. The van der Waals surface area contributed by atoms with Crippen LogP contribution in [0, 0.1) is 19.7 Å². The van der Waals surface area contributed by atoms with Gasteiger partial charge in [0.05, 0.1) is 0 Å². The van der Waals surface area contributed by atoms with Crippen LogP contribution < -0.4 is 0 Å². The van der Waals surface area contributed by atoms with Crippen molar-refractivity contribution in [2.75, 3.05) is 0 Å². The molecule has 3 rings (SSSR count). The number of fused-ring (bicyclic) bond motifs is 3. The molecule has 17 heavy (non-hydrogen) atoms. The monoisotopic (exact) mass is 226 g/mol. The maximum atomic E-state index is 13.2. The van der Waals surface area contributed by atoms with E-state index in [4.69, 9.17) is 0 Å². The molecule has 1 nitrogen and oxygen atoms in total. The summed E-state index contributed by atoms with van der Waals surface area (Å²) in [6.07, 6.45) is 0. The van der Waals surface area contributed by atoms with E-state index in [1.807, 2.05) is 26.0 Å². The molecule has 0 spiro atoms. The van der Waals surface area contributed by atoms with E-state index in [1.165, 1.54) is 12.1 Å². The molecule has 2 aromatic rings. The van der Waals surface area contributed by atoms with Crippen LogP contribution in [0.5, 0.6) is 0 Å². The van der Waals surface area contributed by atoms with E-state index in [0.717, 1.165) is 22.3 Å². The van der Waals surface area contributed by atoms with Gasteiger partial charge < -0.3 is 0 Å². The van der Waals surface area contributed by atoms with Crippen molar-refractivity contribution < 1.29 is 9.18 Å². The van der Waals surface area contributed by atoms with Gasteiger partial charge in [-0.2, -0.15) is 0 Å². The number of benzene rings is 2. The number of halogens is 1. The quantitative estimate of drug-likeness (QED) is 0.571. The zero-order chi connectivity index (χ0) is 12.2. The summed E-state index contributed by atoms with van der Waals surface area (Å²) >= 11 is 0. The van der Waals surface area contributed by atoms with Crippen LogP contribution in [0.25, 0.3) is 11.1 Å². The van der Waals surface area contributed by atoms with Gasteiger partial charge in [0.25, 0.3) is 0 Å². The molecular weight excluding hydrogens is 215 g/mol. The lowest BCUT2D eigenvalue weighted by molar-refractivity contribution is 0.104. The fraction of sp³-hybridized carbons (Fsp3) is 0.133. The van der Waals surface area contributed by atoms with Crippen molar-refractivity contribution in [3.63, 3.8) is 0 Å². The van der Waals surface area contributed by atoms with Crippen molar-refractivity contribution in [2.24, 2.45) is 0 Å². The number of hydrogen-bond acceptors (Lipinski definition) is 1. The Morgan fingerprint density at radius 3 is 2.41 bits per heavy atom. The molecule has 2 aromatic carbocycles. The first kappa shape index (κ1) is 10.2. The molecule has 0 bridgehead atoms. The van der Waals surface area contributed by atoms with E-state index in [-0.39, 0.29) is 11.6 Å². The summed E-state index contributed by atoms with van der Waals surface area (Å²) in [6.45, 7) is 4.02. The molecule has 0 aliphatic heterocycles. The molecule has 0 fully saturated rings. The molecule has 1 aliphatic rings. The van der Waals surface area contributed by atoms with Crippen LogP contribution in [0.1, 0.15) is 27.0 Å². The zero-order valence-electron chi connectivity index (χ0n) is 9.67. The molecule has 0 saturated heterocycles. The molecule has 1 aliphatic carbocycles. The molecule has 84 valence electrons. The number of carbonyl (C=O) groups excluding carboxylic acids is 1. The Bertz CT molecular complexity index is 656. The summed E-state index contributed by atoms with van der Waals surface area (Å²) in [6, 6.07) is 8.20. The Labute approximate surface area is 98.9 Å². The van der Waals surface area contributed by atoms with E-state index < -0.39 is 0 Å². The molecule has 0 N–H and O–H groups in total. The number of rotatable bonds is 0. The van der Waals surface area contributed by atoms with Gasteiger partial charge in [0.1, 0.15) is 5.82 Å². The van der Waals surface area contributed by atoms with E-state index in [1.54, 1.807) is 6.07 Å². The molecule has 0 atom stereocenters. The van der Waals surface area contributed by atoms with E-state index in [0.29, 0.717) is 11.1 Å². The van der Waals surface area contributed by atoms with Gasteiger partial charge in [-0.25, -0.2) is 4.39 Å². The summed E-state index contributed by atoms with van der Waals surface area (Å²) in [7, 11) is 0. The largest absolute Gasteiger partial charge is 0.289 e. The standard InChI is InChI=1S/C15H11FO/c1-8-3-5-12-14(9(8)2)11-6-4-10(16)7-13(11)15(12)17/h3-7H,1-2H3. The Morgan fingerprint density at radius 2 is 1.65 bits per heavy atom. The van der Waals surface area contributed by atoms with Crippen LogP contribution in [0.2, 0.25) is 0 Å². The molecule has 0 aromatic heterocycles. The van der Waals surface area contributed by atoms with Gasteiger partial charge in [0.2, 0.25) is 0 Å². The second-order valence-electron chi connectivity index (χ2n) is 4.45. The first-order valence-electron chi connectivity index (χ1n) is 5.54. The molecule has 0 heterocycles. The Kier molecular flexibility index (Phi) is 1.96. The minimum Gasteiger partial charge on any atom is -0.289 e. The highest BCUT2D eigenvalue weighted by molar-refractivity contribution is 6.22. The van der Waals surface area contributed by atoms with Gasteiger partial charge in [-0.1, -0.05) is 18.2 Å². The second-order valence-corrected chi connectivity index (χ2v) is 4.45. The Hall–Kier alpha value is -1.96. The summed E-state index contributed by atoms with van der Waals surface area (Å²) in [4.78, 5) is 12.1. The van der Waals surface area contributed by atoms with E-state index in [2.05, 4.69) is 0 Å². The minimum atomic E-state index is -0.362. The van der Waals surface area contributed by atoms with Crippen LogP contribution in [-0.4, -0.2) is 5.78 Å². The Morgan fingerprint density at radius 1 is 0.941 bits per heavy atom. The van der Waals surface area contributed by atoms with Crippen LogP contribution in [0.3, 0.4) is 0 Å². The zero-order valence-corrected chi connectivity index (χ0v) is 9.67. The highest BCUT2D eigenvalue weighted by Gasteiger charge is 2.28. The van der Waals surface area contributed by atoms with Crippen molar-refractivity contribution in [3.8, 4) is 11.1 Å². The van der Waals surface area contributed by atoms with Crippen molar-refractivity contribution in [1.82, 2.24) is 0 Å². The molecule has 0 amide bonds. The minimum absolute atomic E-state index is 0.0717. The first-order chi connectivity index (χ1) is 8.09. The van der Waals surface area contributed by atoms with Crippen molar-refractivity contribution in [2.45, 2.75) is 13.8 Å². The van der Waals surface area contributed by atoms with Crippen molar-refractivity contribution in [3.05, 3.63) is 58.4 Å². The topological polar surface area (TPSA) is 17.1 Å². The second kappa shape index (κ2) is 3.27. The van der Waals surface area contributed by atoms with Gasteiger partial charge in [0.15, 0.2) is 5.78 Å². The summed E-state index contributed by atoms with van der Waals surface area (Å²) < 4.78 is 13.2. The lowest BCUT2D eigenvalue weighted by Gasteiger charge is -2.07. The van der Waals surface area contributed by atoms with Gasteiger partial charge >= 0.3 is 0 Å². The number of ketones is 1.